The molecule has 2 saturated heterocycles. The molecule has 0 saturated carbocycles. The first kappa shape index (κ1) is 19.7. The van der Waals surface area contributed by atoms with Crippen LogP contribution < -0.4 is 16.0 Å². The van der Waals surface area contributed by atoms with Crippen LogP contribution in [0.3, 0.4) is 0 Å². The summed E-state index contributed by atoms with van der Waals surface area (Å²) in [5.74, 6) is 0.172. The van der Waals surface area contributed by atoms with E-state index in [9.17, 15) is 4.79 Å². The zero-order chi connectivity index (χ0) is 21.4. The van der Waals surface area contributed by atoms with Crippen molar-refractivity contribution in [3.8, 4) is 11.3 Å². The van der Waals surface area contributed by atoms with Crippen molar-refractivity contribution in [3.05, 3.63) is 42.0 Å². The number of nitrogens with two attached hydrogens (primary N) is 1. The zero-order valence-electron chi connectivity index (χ0n) is 17.3. The molecule has 0 radical (unpaired) electrons. The number of hydrogen-bond acceptors (Lipinski definition) is 8. The predicted molar refractivity (Wildman–Crippen MR) is 117 cm³/mol. The number of anilines is 2. The second kappa shape index (κ2) is 7.75. The number of nitrogen functional groups attached to an aromatic ring is 1. The van der Waals surface area contributed by atoms with Gasteiger partial charge in [0, 0.05) is 31.1 Å². The number of rotatable bonds is 3. The van der Waals surface area contributed by atoms with Gasteiger partial charge in [0.1, 0.15) is 5.82 Å². The Kier molecular flexibility index (Phi) is 4.91. The van der Waals surface area contributed by atoms with Crippen LogP contribution >= 0.6 is 0 Å². The van der Waals surface area contributed by atoms with E-state index >= 15 is 0 Å². The Labute approximate surface area is 179 Å². The molecule has 1 amide bonds. The lowest BCUT2D eigenvalue weighted by Crippen LogP contribution is -2.49. The van der Waals surface area contributed by atoms with Crippen LogP contribution in [-0.4, -0.2) is 60.0 Å². The lowest BCUT2D eigenvalue weighted by Gasteiger charge is -2.38. The fraction of sp³-hybridized carbons (Fsp3) is 0.364. The number of amides is 1. The van der Waals surface area contributed by atoms with Crippen LogP contribution in [0.15, 0.2) is 36.4 Å². The number of fused-ring (bicyclic) bond motifs is 1. The highest BCUT2D eigenvalue weighted by molar-refractivity contribution is 5.95. The SMILES string of the molecule is CNC(=O)c1cccc(-c2ccc3c(N)nc(N4CCCC5(C4)OCCO5)nc3n2)c1. The first-order chi connectivity index (χ1) is 15.1. The topological polar surface area (TPSA) is 115 Å². The fourth-order valence-electron chi connectivity index (χ4n) is 4.18. The number of pyridine rings is 1. The number of carbonyl (C=O) groups excluding carboxylic acids is 1. The summed E-state index contributed by atoms with van der Waals surface area (Å²) in [6, 6.07) is 11.0. The lowest BCUT2D eigenvalue weighted by molar-refractivity contribution is -0.161. The van der Waals surface area contributed by atoms with Gasteiger partial charge in [-0.3, -0.25) is 4.79 Å². The van der Waals surface area contributed by atoms with Gasteiger partial charge in [-0.05, 0) is 30.7 Å². The van der Waals surface area contributed by atoms with E-state index in [2.05, 4.69) is 10.3 Å². The third kappa shape index (κ3) is 3.66. The molecule has 9 heteroatoms. The number of carbonyl (C=O) groups is 1. The minimum Gasteiger partial charge on any atom is -0.383 e. The van der Waals surface area contributed by atoms with E-state index in [0.717, 1.165) is 24.9 Å². The Morgan fingerprint density at radius 2 is 2.00 bits per heavy atom. The van der Waals surface area contributed by atoms with Crippen LogP contribution in [0.5, 0.6) is 0 Å². The van der Waals surface area contributed by atoms with Gasteiger partial charge in [0.05, 0.1) is 30.8 Å². The van der Waals surface area contributed by atoms with E-state index in [1.54, 1.807) is 13.1 Å². The molecular weight excluding hydrogens is 396 g/mol. The summed E-state index contributed by atoms with van der Waals surface area (Å²) < 4.78 is 11.7. The molecule has 2 fully saturated rings. The summed E-state index contributed by atoms with van der Waals surface area (Å²) in [5, 5.41) is 3.33. The van der Waals surface area contributed by atoms with Crippen LogP contribution in [-0.2, 0) is 9.47 Å². The van der Waals surface area contributed by atoms with Crippen LogP contribution in [0.1, 0.15) is 23.2 Å². The molecule has 2 aromatic heterocycles. The van der Waals surface area contributed by atoms with Gasteiger partial charge in [-0.15, -0.1) is 0 Å². The smallest absolute Gasteiger partial charge is 0.251 e. The van der Waals surface area contributed by atoms with Gasteiger partial charge in [-0.2, -0.15) is 9.97 Å². The standard InChI is InChI=1S/C22H24N6O3/c1-24-20(29)15-5-2-4-14(12-15)17-7-6-16-18(23)26-21(27-19(16)25-17)28-9-3-8-22(13-28)30-10-11-31-22/h2,4-7,12H,3,8-11,13H2,1H3,(H,24,29)(H2,23,25,26,27). The van der Waals surface area contributed by atoms with Crippen molar-refractivity contribution in [1.82, 2.24) is 20.3 Å². The molecule has 3 N–H and O–H groups in total. The molecule has 0 unspecified atom stereocenters. The van der Waals surface area contributed by atoms with Crippen LogP contribution in [0.2, 0.25) is 0 Å². The maximum absolute atomic E-state index is 12.0. The van der Waals surface area contributed by atoms with Gasteiger partial charge in [0.2, 0.25) is 5.95 Å². The van der Waals surface area contributed by atoms with E-state index in [4.69, 9.17) is 25.2 Å². The van der Waals surface area contributed by atoms with Crippen molar-refractivity contribution < 1.29 is 14.3 Å². The van der Waals surface area contributed by atoms with E-state index in [1.165, 1.54) is 0 Å². The van der Waals surface area contributed by atoms with Crippen molar-refractivity contribution in [3.63, 3.8) is 0 Å². The van der Waals surface area contributed by atoms with Crippen molar-refractivity contribution in [2.75, 3.05) is 44.0 Å². The molecular formula is C22H24N6O3. The second-order valence-electron chi connectivity index (χ2n) is 7.77. The minimum absolute atomic E-state index is 0.146. The Morgan fingerprint density at radius 1 is 1.16 bits per heavy atom. The van der Waals surface area contributed by atoms with Crippen molar-refractivity contribution in [2.45, 2.75) is 18.6 Å². The number of nitrogens with zero attached hydrogens (tertiary/aromatic N) is 4. The molecule has 3 aromatic rings. The summed E-state index contributed by atoms with van der Waals surface area (Å²) in [7, 11) is 1.61. The zero-order valence-corrected chi connectivity index (χ0v) is 17.3. The Bertz CT molecular complexity index is 1150. The van der Waals surface area contributed by atoms with Gasteiger partial charge >= 0.3 is 0 Å². The maximum atomic E-state index is 12.0. The van der Waals surface area contributed by atoms with Crippen LogP contribution in [0, 0.1) is 0 Å². The fourth-order valence-corrected chi connectivity index (χ4v) is 4.18. The number of benzene rings is 1. The lowest BCUT2D eigenvalue weighted by atomic mass is 10.1. The van der Waals surface area contributed by atoms with Crippen molar-refractivity contribution in [1.29, 1.82) is 0 Å². The van der Waals surface area contributed by atoms with E-state index in [1.807, 2.05) is 35.2 Å². The molecule has 2 aliphatic rings. The Hall–Kier alpha value is -3.30. The number of aromatic nitrogens is 3. The Morgan fingerprint density at radius 3 is 2.81 bits per heavy atom. The summed E-state index contributed by atoms with van der Waals surface area (Å²) in [6.07, 6.45) is 1.78. The number of nitrogens with one attached hydrogen (secondary N) is 1. The third-order valence-electron chi connectivity index (χ3n) is 5.74. The molecule has 0 aliphatic carbocycles. The first-order valence-electron chi connectivity index (χ1n) is 10.4. The van der Waals surface area contributed by atoms with Crippen molar-refractivity contribution >= 4 is 28.7 Å². The average molecular weight is 420 g/mol. The molecule has 0 atom stereocenters. The van der Waals surface area contributed by atoms with Crippen LogP contribution in [0.25, 0.3) is 22.3 Å². The molecule has 31 heavy (non-hydrogen) atoms. The van der Waals surface area contributed by atoms with Crippen molar-refractivity contribution in [2.24, 2.45) is 0 Å². The molecule has 5 rings (SSSR count). The van der Waals surface area contributed by atoms with E-state index in [-0.39, 0.29) is 5.91 Å². The van der Waals surface area contributed by atoms with Gasteiger partial charge in [0.25, 0.3) is 5.91 Å². The van der Waals surface area contributed by atoms with Gasteiger partial charge in [-0.1, -0.05) is 12.1 Å². The summed E-state index contributed by atoms with van der Waals surface area (Å²) >= 11 is 0. The van der Waals surface area contributed by atoms with E-state index in [0.29, 0.717) is 53.8 Å². The van der Waals surface area contributed by atoms with Gasteiger partial charge < -0.3 is 25.4 Å². The highest BCUT2D eigenvalue weighted by atomic mass is 16.7. The Balaban J connectivity index is 1.51. The normalized spacial score (nSPS) is 17.9. The highest BCUT2D eigenvalue weighted by Crippen LogP contribution is 2.32. The molecule has 1 aromatic carbocycles. The quantitative estimate of drug-likeness (QED) is 0.661. The second-order valence-corrected chi connectivity index (χ2v) is 7.77. The summed E-state index contributed by atoms with van der Waals surface area (Å²) in [5.41, 5.74) is 8.86. The van der Waals surface area contributed by atoms with E-state index < -0.39 is 5.79 Å². The highest BCUT2D eigenvalue weighted by Gasteiger charge is 2.41. The number of ether oxygens (including phenoxy) is 2. The average Bonchev–Trinajstić information content (AvgIpc) is 3.25. The molecule has 1 spiro atoms. The predicted octanol–water partition coefficient (Wildman–Crippen LogP) is 1.98. The first-order valence-corrected chi connectivity index (χ1v) is 10.4. The molecule has 0 bridgehead atoms. The largest absolute Gasteiger partial charge is 0.383 e. The van der Waals surface area contributed by atoms with Gasteiger partial charge in [-0.25, -0.2) is 4.98 Å². The monoisotopic (exact) mass is 420 g/mol. The summed E-state index contributed by atoms with van der Waals surface area (Å²) in [6.45, 7) is 2.57. The molecule has 2 aliphatic heterocycles. The van der Waals surface area contributed by atoms with Gasteiger partial charge in [0.15, 0.2) is 11.4 Å². The molecule has 9 nitrogen and oxygen atoms in total. The minimum atomic E-state index is -0.582. The maximum Gasteiger partial charge on any atom is 0.251 e. The number of piperidine rings is 1. The molecule has 4 heterocycles. The van der Waals surface area contributed by atoms with Crippen LogP contribution in [0.4, 0.5) is 11.8 Å². The third-order valence-corrected chi connectivity index (χ3v) is 5.74. The molecule has 160 valence electrons. The number of hydrogen-bond donors (Lipinski definition) is 2. The summed E-state index contributed by atoms with van der Waals surface area (Å²) in [4.78, 5) is 28.0.